The van der Waals surface area contributed by atoms with E-state index in [9.17, 15) is 9.59 Å². The lowest BCUT2D eigenvalue weighted by Crippen LogP contribution is -2.41. The number of aliphatic hydroxyl groups excluding tert-OH is 1. The molecule has 0 saturated carbocycles. The molecule has 0 bridgehead atoms. The first-order chi connectivity index (χ1) is 10.0. The molecule has 1 aromatic rings. The number of carbonyl (C=O) groups is 2. The number of carboxylic acids is 1. The summed E-state index contributed by atoms with van der Waals surface area (Å²) in [5, 5.41) is 20.1. The van der Waals surface area contributed by atoms with E-state index in [1.807, 2.05) is 6.92 Å². The van der Waals surface area contributed by atoms with Crippen LogP contribution in [-0.2, 0) is 4.79 Å². The van der Waals surface area contributed by atoms with Gasteiger partial charge in [0.1, 0.15) is 6.04 Å². The molecule has 0 aliphatic carbocycles. The third-order valence-electron chi connectivity index (χ3n) is 2.75. The number of aliphatic carboxylic acids is 1. The first-order valence-corrected chi connectivity index (χ1v) is 6.48. The number of nitrogens with one attached hydrogen (secondary N) is 1. The molecule has 3 N–H and O–H groups in total. The number of carboxylic acid groups (broad SMARTS) is 1. The zero-order chi connectivity index (χ0) is 15.8. The van der Waals surface area contributed by atoms with E-state index in [1.165, 1.54) is 19.2 Å². The fourth-order valence-corrected chi connectivity index (χ4v) is 1.71. The maximum atomic E-state index is 12.0. The van der Waals surface area contributed by atoms with E-state index in [2.05, 4.69) is 5.32 Å². The van der Waals surface area contributed by atoms with Crippen LogP contribution in [0, 0.1) is 0 Å². The van der Waals surface area contributed by atoms with Gasteiger partial charge in [-0.05, 0) is 25.1 Å². The molecule has 1 atom stereocenters. The van der Waals surface area contributed by atoms with Gasteiger partial charge in [0.2, 0.25) is 0 Å². The molecule has 0 saturated heterocycles. The van der Waals surface area contributed by atoms with Gasteiger partial charge >= 0.3 is 5.97 Å². The molecule has 1 unspecified atom stereocenters. The smallest absolute Gasteiger partial charge is 0.326 e. The Labute approximate surface area is 122 Å². The minimum absolute atomic E-state index is 0.0603. The Hall–Kier alpha value is -2.28. The van der Waals surface area contributed by atoms with E-state index >= 15 is 0 Å². The highest BCUT2D eigenvalue weighted by Crippen LogP contribution is 2.28. The van der Waals surface area contributed by atoms with Crippen molar-refractivity contribution >= 4 is 11.9 Å². The first-order valence-electron chi connectivity index (χ1n) is 6.48. The molecule has 0 aliphatic rings. The number of ether oxygens (including phenoxy) is 2. The van der Waals surface area contributed by atoms with Gasteiger partial charge in [-0.1, -0.05) is 0 Å². The van der Waals surface area contributed by atoms with Crippen LogP contribution in [0.15, 0.2) is 18.2 Å². The molecule has 0 fully saturated rings. The van der Waals surface area contributed by atoms with Gasteiger partial charge < -0.3 is 25.0 Å². The second-order valence-corrected chi connectivity index (χ2v) is 4.18. The van der Waals surface area contributed by atoms with Gasteiger partial charge in [-0.2, -0.15) is 0 Å². The fourth-order valence-electron chi connectivity index (χ4n) is 1.71. The molecule has 1 rings (SSSR count). The van der Waals surface area contributed by atoms with Gasteiger partial charge in [-0.15, -0.1) is 0 Å². The van der Waals surface area contributed by atoms with Crippen LogP contribution < -0.4 is 14.8 Å². The summed E-state index contributed by atoms with van der Waals surface area (Å²) in [7, 11) is 1.45. The largest absolute Gasteiger partial charge is 0.493 e. The van der Waals surface area contributed by atoms with Gasteiger partial charge in [0.05, 0.1) is 13.7 Å². The molecule has 0 aliphatic heterocycles. The van der Waals surface area contributed by atoms with Crippen LogP contribution >= 0.6 is 0 Å². The van der Waals surface area contributed by atoms with Crippen molar-refractivity contribution in [3.8, 4) is 11.5 Å². The SMILES string of the molecule is CCOc1ccc(C(=O)NC(CCO)C(=O)O)cc1OC. The lowest BCUT2D eigenvalue weighted by molar-refractivity contribution is -0.139. The van der Waals surface area contributed by atoms with Crippen LogP contribution in [-0.4, -0.2) is 48.5 Å². The summed E-state index contributed by atoms with van der Waals surface area (Å²) in [6, 6.07) is 3.43. The van der Waals surface area contributed by atoms with Crippen molar-refractivity contribution < 1.29 is 29.3 Å². The lowest BCUT2D eigenvalue weighted by Gasteiger charge is -2.14. The van der Waals surface area contributed by atoms with Gasteiger partial charge in [0.25, 0.3) is 5.91 Å². The van der Waals surface area contributed by atoms with Gasteiger partial charge in [-0.25, -0.2) is 4.79 Å². The second kappa shape index (κ2) is 8.11. The second-order valence-electron chi connectivity index (χ2n) is 4.18. The molecular weight excluding hydrogens is 278 g/mol. The number of aliphatic hydroxyl groups is 1. The van der Waals surface area contributed by atoms with Crippen molar-refractivity contribution in [2.45, 2.75) is 19.4 Å². The Morgan fingerprint density at radius 2 is 2.05 bits per heavy atom. The van der Waals surface area contributed by atoms with Crippen LogP contribution in [0.2, 0.25) is 0 Å². The molecule has 0 radical (unpaired) electrons. The molecule has 116 valence electrons. The number of carbonyl (C=O) groups excluding carboxylic acids is 1. The zero-order valence-electron chi connectivity index (χ0n) is 12.0. The van der Waals surface area contributed by atoms with Crippen molar-refractivity contribution in [2.75, 3.05) is 20.3 Å². The van der Waals surface area contributed by atoms with Crippen LogP contribution in [0.4, 0.5) is 0 Å². The average molecular weight is 297 g/mol. The van der Waals surface area contributed by atoms with Crippen LogP contribution in [0.5, 0.6) is 11.5 Å². The fraction of sp³-hybridized carbons (Fsp3) is 0.429. The predicted octanol–water partition coefficient (Wildman–Crippen LogP) is 0.659. The van der Waals surface area contributed by atoms with Crippen molar-refractivity contribution in [1.82, 2.24) is 5.32 Å². The van der Waals surface area contributed by atoms with E-state index in [1.54, 1.807) is 6.07 Å². The monoisotopic (exact) mass is 297 g/mol. The van der Waals surface area contributed by atoms with Crippen molar-refractivity contribution in [1.29, 1.82) is 0 Å². The van der Waals surface area contributed by atoms with Crippen molar-refractivity contribution in [3.05, 3.63) is 23.8 Å². The lowest BCUT2D eigenvalue weighted by atomic mass is 10.1. The molecule has 0 aromatic heterocycles. The van der Waals surface area contributed by atoms with Crippen molar-refractivity contribution in [2.24, 2.45) is 0 Å². The van der Waals surface area contributed by atoms with E-state index in [0.717, 1.165) is 0 Å². The molecule has 21 heavy (non-hydrogen) atoms. The Kier molecular flexibility index (Phi) is 6.48. The topological polar surface area (TPSA) is 105 Å². The molecule has 7 heteroatoms. The number of hydrogen-bond donors (Lipinski definition) is 3. The summed E-state index contributed by atoms with van der Waals surface area (Å²) < 4.78 is 10.5. The summed E-state index contributed by atoms with van der Waals surface area (Å²) in [6.07, 6.45) is -0.0603. The summed E-state index contributed by atoms with van der Waals surface area (Å²) in [4.78, 5) is 23.0. The van der Waals surface area contributed by atoms with E-state index in [0.29, 0.717) is 18.1 Å². The van der Waals surface area contributed by atoms with Crippen LogP contribution in [0.3, 0.4) is 0 Å². The maximum absolute atomic E-state index is 12.0. The van der Waals surface area contributed by atoms with Gasteiger partial charge in [0.15, 0.2) is 11.5 Å². The van der Waals surface area contributed by atoms with Crippen molar-refractivity contribution in [3.63, 3.8) is 0 Å². The minimum atomic E-state index is -1.20. The summed E-state index contributed by atoms with van der Waals surface area (Å²) in [5.74, 6) is -0.868. The summed E-state index contributed by atoms with van der Waals surface area (Å²) in [6.45, 7) is 1.95. The number of rotatable bonds is 8. The molecule has 1 aromatic carbocycles. The van der Waals surface area contributed by atoms with Gasteiger partial charge in [0, 0.05) is 18.6 Å². The zero-order valence-corrected chi connectivity index (χ0v) is 12.0. The molecule has 1 amide bonds. The third-order valence-corrected chi connectivity index (χ3v) is 2.75. The van der Waals surface area contributed by atoms with E-state index in [-0.39, 0.29) is 18.6 Å². The quantitative estimate of drug-likeness (QED) is 0.651. The summed E-state index contributed by atoms with van der Waals surface area (Å²) in [5.41, 5.74) is 0.250. The minimum Gasteiger partial charge on any atom is -0.493 e. The Bertz CT molecular complexity index is 502. The molecule has 7 nitrogen and oxygen atoms in total. The normalized spacial score (nSPS) is 11.6. The highest BCUT2D eigenvalue weighted by Gasteiger charge is 2.20. The first kappa shape index (κ1) is 16.8. The van der Waals surface area contributed by atoms with Crippen LogP contribution in [0.1, 0.15) is 23.7 Å². The van der Waals surface area contributed by atoms with Gasteiger partial charge in [-0.3, -0.25) is 4.79 Å². The molecular formula is C14H19NO6. The molecule has 0 spiro atoms. The summed E-state index contributed by atoms with van der Waals surface area (Å²) >= 11 is 0. The highest BCUT2D eigenvalue weighted by molar-refractivity contribution is 5.97. The number of hydrogen-bond acceptors (Lipinski definition) is 5. The number of benzene rings is 1. The average Bonchev–Trinajstić information content (AvgIpc) is 2.47. The highest BCUT2D eigenvalue weighted by atomic mass is 16.5. The Morgan fingerprint density at radius 3 is 2.57 bits per heavy atom. The van der Waals surface area contributed by atoms with E-state index < -0.39 is 17.9 Å². The Morgan fingerprint density at radius 1 is 1.33 bits per heavy atom. The predicted molar refractivity (Wildman–Crippen MR) is 74.8 cm³/mol. The Balaban J connectivity index is 2.89. The third kappa shape index (κ3) is 4.64. The van der Waals surface area contributed by atoms with Crippen LogP contribution in [0.25, 0.3) is 0 Å². The number of methoxy groups -OCH3 is 1. The maximum Gasteiger partial charge on any atom is 0.326 e. The standard InChI is InChI=1S/C14H19NO6/c1-3-21-11-5-4-9(8-12(11)20-2)13(17)15-10(6-7-16)14(18)19/h4-5,8,10,16H,3,6-7H2,1-2H3,(H,15,17)(H,18,19). The number of amides is 1. The molecule has 0 heterocycles. The van der Waals surface area contributed by atoms with E-state index in [4.69, 9.17) is 19.7 Å².